The summed E-state index contributed by atoms with van der Waals surface area (Å²) in [5.74, 6) is -0.458. The molecular formula is C15H24N2O2. The van der Waals surface area contributed by atoms with E-state index >= 15 is 0 Å². The first kappa shape index (κ1) is 15.5. The zero-order chi connectivity index (χ0) is 14.6. The van der Waals surface area contributed by atoms with Crippen LogP contribution in [0.15, 0.2) is 24.3 Å². The van der Waals surface area contributed by atoms with Gasteiger partial charge in [0.25, 0.3) is 0 Å². The second-order valence-electron chi connectivity index (χ2n) is 5.74. The number of benzene rings is 1. The molecule has 0 spiro atoms. The van der Waals surface area contributed by atoms with E-state index in [4.69, 9.17) is 16.2 Å². The highest BCUT2D eigenvalue weighted by Gasteiger charge is 2.29. The number of esters is 1. The van der Waals surface area contributed by atoms with E-state index in [2.05, 4.69) is 0 Å². The summed E-state index contributed by atoms with van der Waals surface area (Å²) >= 11 is 0. The molecule has 0 aliphatic rings. The van der Waals surface area contributed by atoms with Crippen LogP contribution in [0.4, 0.5) is 5.69 Å². The van der Waals surface area contributed by atoms with Gasteiger partial charge in [-0.2, -0.15) is 0 Å². The average Bonchev–Trinajstić information content (AvgIpc) is 2.27. The molecule has 0 radical (unpaired) electrons. The molecule has 4 N–H and O–H groups in total. The summed E-state index contributed by atoms with van der Waals surface area (Å²) in [7, 11) is 0. The Kier molecular flexibility index (Phi) is 4.95. The average molecular weight is 264 g/mol. The Labute approximate surface area is 115 Å². The SMILES string of the molecule is CCC(c1cccc(N)c1)C(N)C(=O)OC(C)(C)C. The van der Waals surface area contributed by atoms with E-state index in [0.29, 0.717) is 5.69 Å². The maximum absolute atomic E-state index is 12.0. The molecule has 4 nitrogen and oxygen atoms in total. The molecule has 0 aliphatic heterocycles. The lowest BCUT2D eigenvalue weighted by Crippen LogP contribution is -2.41. The molecule has 0 saturated heterocycles. The van der Waals surface area contributed by atoms with Gasteiger partial charge in [0.15, 0.2) is 0 Å². The third kappa shape index (κ3) is 4.56. The van der Waals surface area contributed by atoms with Crippen molar-refractivity contribution in [3.8, 4) is 0 Å². The topological polar surface area (TPSA) is 78.3 Å². The third-order valence-electron chi connectivity index (χ3n) is 2.89. The van der Waals surface area contributed by atoms with Gasteiger partial charge in [0.1, 0.15) is 11.6 Å². The molecule has 4 heteroatoms. The van der Waals surface area contributed by atoms with Crippen LogP contribution in [0.5, 0.6) is 0 Å². The molecule has 19 heavy (non-hydrogen) atoms. The van der Waals surface area contributed by atoms with E-state index in [-0.39, 0.29) is 11.9 Å². The number of nitrogen functional groups attached to an aromatic ring is 1. The molecule has 0 fully saturated rings. The minimum atomic E-state index is -0.675. The molecule has 2 unspecified atom stereocenters. The van der Waals surface area contributed by atoms with Gasteiger partial charge in [-0.05, 0) is 44.9 Å². The van der Waals surface area contributed by atoms with Crippen molar-refractivity contribution in [2.45, 2.75) is 51.7 Å². The Balaban J connectivity index is 2.88. The highest BCUT2D eigenvalue weighted by molar-refractivity contribution is 5.77. The van der Waals surface area contributed by atoms with E-state index in [0.717, 1.165) is 12.0 Å². The van der Waals surface area contributed by atoms with Crippen LogP contribution in [0.3, 0.4) is 0 Å². The van der Waals surface area contributed by atoms with Crippen LogP contribution < -0.4 is 11.5 Å². The number of carbonyl (C=O) groups excluding carboxylic acids is 1. The first-order chi connectivity index (χ1) is 8.74. The second-order valence-corrected chi connectivity index (χ2v) is 5.74. The molecule has 0 saturated carbocycles. The lowest BCUT2D eigenvalue weighted by molar-refractivity contribution is -0.157. The number of hydrogen-bond acceptors (Lipinski definition) is 4. The molecule has 106 valence electrons. The fourth-order valence-electron chi connectivity index (χ4n) is 2.02. The maximum atomic E-state index is 12.0. The van der Waals surface area contributed by atoms with E-state index in [9.17, 15) is 4.79 Å². The van der Waals surface area contributed by atoms with E-state index in [1.807, 2.05) is 52.0 Å². The Hall–Kier alpha value is -1.55. The highest BCUT2D eigenvalue weighted by atomic mass is 16.6. The molecule has 2 atom stereocenters. The van der Waals surface area contributed by atoms with E-state index in [1.165, 1.54) is 0 Å². The van der Waals surface area contributed by atoms with Crippen LogP contribution in [0, 0.1) is 0 Å². The molecule has 0 aromatic heterocycles. The second kappa shape index (κ2) is 6.06. The summed E-state index contributed by atoms with van der Waals surface area (Å²) in [6.45, 7) is 7.50. The van der Waals surface area contributed by atoms with E-state index < -0.39 is 11.6 Å². The summed E-state index contributed by atoms with van der Waals surface area (Å²) in [5, 5.41) is 0. The molecular weight excluding hydrogens is 240 g/mol. The van der Waals surface area contributed by atoms with Crippen molar-refractivity contribution in [2.24, 2.45) is 5.73 Å². The smallest absolute Gasteiger partial charge is 0.324 e. The molecule has 1 rings (SSSR count). The first-order valence-electron chi connectivity index (χ1n) is 6.58. The predicted molar refractivity (Wildman–Crippen MR) is 77.7 cm³/mol. The van der Waals surface area contributed by atoms with Gasteiger partial charge >= 0.3 is 5.97 Å². The fraction of sp³-hybridized carbons (Fsp3) is 0.533. The summed E-state index contributed by atoms with van der Waals surface area (Å²) < 4.78 is 5.34. The zero-order valence-electron chi connectivity index (χ0n) is 12.1. The first-order valence-corrected chi connectivity index (χ1v) is 6.58. The number of carbonyl (C=O) groups is 1. The van der Waals surface area contributed by atoms with Gasteiger partial charge in [0.2, 0.25) is 0 Å². The van der Waals surface area contributed by atoms with Crippen molar-refractivity contribution >= 4 is 11.7 Å². The van der Waals surface area contributed by atoms with Crippen molar-refractivity contribution in [1.29, 1.82) is 0 Å². The molecule has 0 amide bonds. The minimum Gasteiger partial charge on any atom is -0.459 e. The monoisotopic (exact) mass is 264 g/mol. The van der Waals surface area contributed by atoms with Crippen molar-refractivity contribution in [1.82, 2.24) is 0 Å². The van der Waals surface area contributed by atoms with Gasteiger partial charge in [0.05, 0.1) is 0 Å². The summed E-state index contributed by atoms with van der Waals surface area (Å²) in [4.78, 5) is 12.0. The van der Waals surface area contributed by atoms with Crippen LogP contribution in [0.1, 0.15) is 45.6 Å². The lowest BCUT2D eigenvalue weighted by atomic mass is 9.89. The number of hydrogen-bond donors (Lipinski definition) is 2. The molecule has 0 aliphatic carbocycles. The summed E-state index contributed by atoms with van der Waals surface area (Å²) in [6, 6.07) is 6.81. The Morgan fingerprint density at radius 1 is 1.37 bits per heavy atom. The number of nitrogens with two attached hydrogens (primary N) is 2. The Bertz CT molecular complexity index is 438. The highest BCUT2D eigenvalue weighted by Crippen LogP contribution is 2.25. The molecule has 0 heterocycles. The van der Waals surface area contributed by atoms with Gasteiger partial charge in [-0.15, -0.1) is 0 Å². The van der Waals surface area contributed by atoms with Crippen LogP contribution in [-0.4, -0.2) is 17.6 Å². The summed E-state index contributed by atoms with van der Waals surface area (Å²) in [6.07, 6.45) is 0.754. The standard InChI is InChI=1S/C15H24N2O2/c1-5-12(10-7-6-8-11(16)9-10)13(17)14(18)19-15(2,3)4/h6-9,12-13H,5,16-17H2,1-4H3. The van der Waals surface area contributed by atoms with Crippen LogP contribution in [0.2, 0.25) is 0 Å². The Morgan fingerprint density at radius 3 is 2.47 bits per heavy atom. The number of rotatable bonds is 4. The lowest BCUT2D eigenvalue weighted by Gasteiger charge is -2.26. The maximum Gasteiger partial charge on any atom is 0.324 e. The molecule has 0 bridgehead atoms. The van der Waals surface area contributed by atoms with Gasteiger partial charge in [0, 0.05) is 11.6 Å². The largest absolute Gasteiger partial charge is 0.459 e. The zero-order valence-corrected chi connectivity index (χ0v) is 12.1. The van der Waals surface area contributed by atoms with Gasteiger partial charge in [-0.1, -0.05) is 19.1 Å². The third-order valence-corrected chi connectivity index (χ3v) is 2.89. The van der Waals surface area contributed by atoms with Crippen LogP contribution in [0.25, 0.3) is 0 Å². The van der Waals surface area contributed by atoms with Gasteiger partial charge in [-0.25, -0.2) is 0 Å². The minimum absolute atomic E-state index is 0.0849. The van der Waals surface area contributed by atoms with Crippen LogP contribution >= 0.6 is 0 Å². The van der Waals surface area contributed by atoms with E-state index in [1.54, 1.807) is 0 Å². The van der Waals surface area contributed by atoms with Crippen molar-refractivity contribution in [3.05, 3.63) is 29.8 Å². The fourth-order valence-corrected chi connectivity index (χ4v) is 2.02. The van der Waals surface area contributed by atoms with Gasteiger partial charge in [-0.3, -0.25) is 4.79 Å². The normalized spacial score (nSPS) is 14.8. The quantitative estimate of drug-likeness (QED) is 0.646. The van der Waals surface area contributed by atoms with Crippen molar-refractivity contribution in [3.63, 3.8) is 0 Å². The predicted octanol–water partition coefficient (Wildman–Crippen LogP) is 2.43. The van der Waals surface area contributed by atoms with Crippen molar-refractivity contribution < 1.29 is 9.53 Å². The molecule has 1 aromatic carbocycles. The number of ether oxygens (including phenoxy) is 1. The van der Waals surface area contributed by atoms with Crippen molar-refractivity contribution in [2.75, 3.05) is 5.73 Å². The van der Waals surface area contributed by atoms with Gasteiger partial charge < -0.3 is 16.2 Å². The Morgan fingerprint density at radius 2 is 2.00 bits per heavy atom. The summed E-state index contributed by atoms with van der Waals surface area (Å²) in [5.41, 5.74) is 12.9. The molecule has 1 aromatic rings. The number of anilines is 1. The van der Waals surface area contributed by atoms with Crippen LogP contribution in [-0.2, 0) is 9.53 Å².